The van der Waals surface area contributed by atoms with Crippen molar-refractivity contribution in [2.75, 3.05) is 31.9 Å². The summed E-state index contributed by atoms with van der Waals surface area (Å²) in [5.74, 6) is 1.58. The first-order valence-electron chi connectivity index (χ1n) is 6.35. The summed E-state index contributed by atoms with van der Waals surface area (Å²) >= 11 is 0. The van der Waals surface area contributed by atoms with Crippen molar-refractivity contribution < 1.29 is 14.3 Å². The van der Waals surface area contributed by atoms with Gasteiger partial charge in [-0.05, 0) is 24.3 Å². The van der Waals surface area contributed by atoms with Gasteiger partial charge in [0.05, 0.1) is 19.9 Å². The van der Waals surface area contributed by atoms with Gasteiger partial charge in [0.2, 0.25) is 0 Å². The van der Waals surface area contributed by atoms with E-state index in [1.54, 1.807) is 50.7 Å². The molecule has 1 aromatic carbocycles. The van der Waals surface area contributed by atoms with Crippen LogP contribution in [-0.2, 0) is 0 Å². The van der Waals surface area contributed by atoms with Gasteiger partial charge < -0.3 is 20.1 Å². The van der Waals surface area contributed by atoms with Crippen molar-refractivity contribution in [3.8, 4) is 11.5 Å². The Labute approximate surface area is 123 Å². The van der Waals surface area contributed by atoms with Crippen LogP contribution in [0.15, 0.2) is 36.5 Å². The molecule has 2 aromatic rings. The number of pyridine rings is 1. The van der Waals surface area contributed by atoms with Crippen LogP contribution in [0.3, 0.4) is 0 Å². The lowest BCUT2D eigenvalue weighted by Gasteiger charge is -2.12. The molecular formula is C15H17N3O3. The number of carbonyl (C=O) groups is 1. The van der Waals surface area contributed by atoms with E-state index in [9.17, 15) is 4.79 Å². The maximum Gasteiger partial charge on any atom is 0.255 e. The average Bonchev–Trinajstić information content (AvgIpc) is 2.55. The molecule has 0 fully saturated rings. The highest BCUT2D eigenvalue weighted by Crippen LogP contribution is 2.29. The van der Waals surface area contributed by atoms with E-state index < -0.39 is 0 Å². The van der Waals surface area contributed by atoms with Gasteiger partial charge in [-0.1, -0.05) is 0 Å². The second kappa shape index (κ2) is 6.60. The number of hydrogen-bond acceptors (Lipinski definition) is 5. The zero-order valence-electron chi connectivity index (χ0n) is 12.1. The zero-order valence-corrected chi connectivity index (χ0v) is 12.1. The van der Waals surface area contributed by atoms with Crippen LogP contribution in [0.1, 0.15) is 10.4 Å². The second-order valence-electron chi connectivity index (χ2n) is 4.20. The number of nitrogens with one attached hydrogen (secondary N) is 2. The molecule has 0 aliphatic carbocycles. The van der Waals surface area contributed by atoms with Crippen molar-refractivity contribution in [1.82, 2.24) is 4.98 Å². The summed E-state index contributed by atoms with van der Waals surface area (Å²) in [5, 5.41) is 5.70. The molecule has 0 saturated heterocycles. The number of amides is 1. The molecule has 0 spiro atoms. The summed E-state index contributed by atoms with van der Waals surface area (Å²) < 4.78 is 10.4. The van der Waals surface area contributed by atoms with Gasteiger partial charge in [0.25, 0.3) is 5.91 Å². The van der Waals surface area contributed by atoms with E-state index in [-0.39, 0.29) is 5.91 Å². The largest absolute Gasteiger partial charge is 0.497 e. The fourth-order valence-electron chi connectivity index (χ4n) is 1.80. The van der Waals surface area contributed by atoms with Crippen molar-refractivity contribution in [2.45, 2.75) is 0 Å². The highest BCUT2D eigenvalue weighted by atomic mass is 16.5. The van der Waals surface area contributed by atoms with Crippen molar-refractivity contribution in [1.29, 1.82) is 0 Å². The van der Waals surface area contributed by atoms with Gasteiger partial charge in [-0.2, -0.15) is 0 Å². The Morgan fingerprint density at radius 1 is 1.14 bits per heavy atom. The fourth-order valence-corrected chi connectivity index (χ4v) is 1.80. The standard InChI is InChI=1S/C15H17N3O3/c1-16-14-8-10(6-7-17-14)15(19)18-12-5-4-11(20-2)9-13(12)21-3/h4-9H,1-3H3,(H,16,17)(H,18,19). The normalized spacial score (nSPS) is 9.86. The zero-order chi connectivity index (χ0) is 15.2. The minimum atomic E-state index is -0.239. The lowest BCUT2D eigenvalue weighted by Crippen LogP contribution is -2.13. The van der Waals surface area contributed by atoms with Crippen molar-refractivity contribution in [3.05, 3.63) is 42.1 Å². The summed E-state index contributed by atoms with van der Waals surface area (Å²) in [4.78, 5) is 16.3. The van der Waals surface area contributed by atoms with E-state index in [0.717, 1.165) is 0 Å². The molecule has 0 radical (unpaired) electrons. The molecule has 0 atom stereocenters. The molecule has 6 heteroatoms. The number of methoxy groups -OCH3 is 2. The minimum absolute atomic E-state index is 0.239. The Hall–Kier alpha value is -2.76. The van der Waals surface area contributed by atoms with Gasteiger partial charge in [-0.25, -0.2) is 4.98 Å². The smallest absolute Gasteiger partial charge is 0.255 e. The Morgan fingerprint density at radius 3 is 2.62 bits per heavy atom. The lowest BCUT2D eigenvalue weighted by atomic mass is 10.2. The van der Waals surface area contributed by atoms with Crippen molar-refractivity contribution in [3.63, 3.8) is 0 Å². The van der Waals surface area contributed by atoms with Crippen LogP contribution < -0.4 is 20.1 Å². The van der Waals surface area contributed by atoms with Gasteiger partial charge in [0.1, 0.15) is 17.3 Å². The molecule has 0 saturated carbocycles. The minimum Gasteiger partial charge on any atom is -0.497 e. The predicted octanol–water partition coefficient (Wildman–Crippen LogP) is 2.39. The van der Waals surface area contributed by atoms with Gasteiger partial charge in [-0.3, -0.25) is 4.79 Å². The van der Waals surface area contributed by atoms with E-state index in [2.05, 4.69) is 15.6 Å². The first-order valence-corrected chi connectivity index (χ1v) is 6.35. The van der Waals surface area contributed by atoms with Crippen molar-refractivity contribution >= 4 is 17.4 Å². The number of nitrogens with zero attached hydrogens (tertiary/aromatic N) is 1. The third-order valence-corrected chi connectivity index (χ3v) is 2.94. The third-order valence-electron chi connectivity index (χ3n) is 2.94. The number of anilines is 2. The van der Waals surface area contributed by atoms with Crippen LogP contribution >= 0.6 is 0 Å². The first kappa shape index (κ1) is 14.6. The summed E-state index contributed by atoms with van der Waals surface area (Å²) in [6.45, 7) is 0. The number of hydrogen-bond donors (Lipinski definition) is 2. The predicted molar refractivity (Wildman–Crippen MR) is 81.3 cm³/mol. The molecule has 0 bridgehead atoms. The number of carbonyl (C=O) groups excluding carboxylic acids is 1. The molecule has 6 nitrogen and oxygen atoms in total. The molecular weight excluding hydrogens is 270 g/mol. The highest BCUT2D eigenvalue weighted by Gasteiger charge is 2.11. The van der Waals surface area contributed by atoms with Crippen LogP contribution in [0.4, 0.5) is 11.5 Å². The van der Waals surface area contributed by atoms with E-state index in [1.807, 2.05) is 0 Å². The van der Waals surface area contributed by atoms with Gasteiger partial charge in [-0.15, -0.1) is 0 Å². The number of rotatable bonds is 5. The Bertz CT molecular complexity index is 644. The van der Waals surface area contributed by atoms with Crippen LogP contribution in [0.25, 0.3) is 0 Å². The molecule has 0 unspecified atom stereocenters. The lowest BCUT2D eigenvalue weighted by molar-refractivity contribution is 0.102. The molecule has 1 amide bonds. The van der Waals surface area contributed by atoms with Gasteiger partial charge >= 0.3 is 0 Å². The van der Waals surface area contributed by atoms with Crippen LogP contribution in [0.5, 0.6) is 11.5 Å². The van der Waals surface area contributed by atoms with Crippen LogP contribution in [0.2, 0.25) is 0 Å². The molecule has 2 rings (SSSR count). The van der Waals surface area contributed by atoms with E-state index in [4.69, 9.17) is 9.47 Å². The maximum absolute atomic E-state index is 12.3. The quantitative estimate of drug-likeness (QED) is 0.883. The number of aromatic nitrogens is 1. The molecule has 21 heavy (non-hydrogen) atoms. The molecule has 1 aromatic heterocycles. The Morgan fingerprint density at radius 2 is 1.95 bits per heavy atom. The molecule has 110 valence electrons. The number of ether oxygens (including phenoxy) is 2. The molecule has 0 aliphatic heterocycles. The second-order valence-corrected chi connectivity index (χ2v) is 4.20. The Kier molecular flexibility index (Phi) is 4.61. The Balaban J connectivity index is 2.22. The molecule has 0 aliphatic rings. The topological polar surface area (TPSA) is 72.5 Å². The monoisotopic (exact) mass is 287 g/mol. The number of benzene rings is 1. The van der Waals surface area contributed by atoms with Crippen LogP contribution in [-0.4, -0.2) is 32.2 Å². The first-order chi connectivity index (χ1) is 10.2. The summed E-state index contributed by atoms with van der Waals surface area (Å²) in [6, 6.07) is 8.51. The SMILES string of the molecule is CNc1cc(C(=O)Nc2ccc(OC)cc2OC)ccn1. The average molecular weight is 287 g/mol. The highest BCUT2D eigenvalue weighted by molar-refractivity contribution is 6.05. The molecule has 2 N–H and O–H groups in total. The van der Waals surface area contributed by atoms with Crippen LogP contribution in [0, 0.1) is 0 Å². The van der Waals surface area contributed by atoms with Gasteiger partial charge in [0.15, 0.2) is 0 Å². The summed E-state index contributed by atoms with van der Waals surface area (Å²) in [7, 11) is 4.86. The third kappa shape index (κ3) is 3.42. The molecule has 1 heterocycles. The van der Waals surface area contributed by atoms with Crippen molar-refractivity contribution in [2.24, 2.45) is 0 Å². The summed E-state index contributed by atoms with van der Waals surface area (Å²) in [6.07, 6.45) is 1.58. The van der Waals surface area contributed by atoms with E-state index >= 15 is 0 Å². The maximum atomic E-state index is 12.3. The summed E-state index contributed by atoms with van der Waals surface area (Å²) in [5.41, 5.74) is 1.08. The fraction of sp³-hybridized carbons (Fsp3) is 0.200. The van der Waals surface area contributed by atoms with E-state index in [0.29, 0.717) is 28.6 Å². The van der Waals surface area contributed by atoms with Gasteiger partial charge in [0, 0.05) is 24.9 Å². The van der Waals surface area contributed by atoms with E-state index in [1.165, 1.54) is 7.11 Å².